The molecule has 1 heterocycles. The average Bonchev–Trinajstić information content (AvgIpc) is 2.46. The maximum absolute atomic E-state index is 12.3. The minimum absolute atomic E-state index is 0.0228. The molecule has 0 aliphatic rings. The van der Waals surface area contributed by atoms with Gasteiger partial charge in [0.15, 0.2) is 0 Å². The number of hydrogen-bond acceptors (Lipinski definition) is 4. The van der Waals surface area contributed by atoms with Gasteiger partial charge in [0.25, 0.3) is 0 Å². The van der Waals surface area contributed by atoms with Crippen molar-refractivity contribution in [2.45, 2.75) is 6.92 Å². The van der Waals surface area contributed by atoms with Crippen LogP contribution in [-0.4, -0.2) is 23.3 Å². The normalized spacial score (nSPS) is 11.1. The van der Waals surface area contributed by atoms with Gasteiger partial charge < -0.3 is 9.72 Å². The van der Waals surface area contributed by atoms with Crippen molar-refractivity contribution in [3.8, 4) is 0 Å². The highest BCUT2D eigenvalue weighted by Gasteiger charge is 2.13. The lowest BCUT2D eigenvalue weighted by atomic mass is 10.1. The highest BCUT2D eigenvalue weighted by molar-refractivity contribution is 7.80. The molecule has 2 aromatic rings. The van der Waals surface area contributed by atoms with Crippen LogP contribution in [-0.2, 0) is 4.74 Å². The third-order valence-electron chi connectivity index (χ3n) is 2.82. The molecule has 0 aliphatic carbocycles. The highest BCUT2D eigenvalue weighted by atomic mass is 32.1. The van der Waals surface area contributed by atoms with Crippen molar-refractivity contribution in [2.24, 2.45) is 0 Å². The van der Waals surface area contributed by atoms with Crippen LogP contribution in [0.25, 0.3) is 17.0 Å². The fraction of sp³-hybridized carbons (Fsp3) is 0.200. The van der Waals surface area contributed by atoms with Crippen molar-refractivity contribution in [3.05, 3.63) is 51.8 Å². The molecular weight excluding hydrogens is 274 g/mol. The predicted octanol–water partition coefficient (Wildman–Crippen LogP) is 2.65. The van der Waals surface area contributed by atoms with E-state index in [-0.39, 0.29) is 17.6 Å². The first-order valence-corrected chi connectivity index (χ1v) is 6.90. The number of ether oxygens (including phenoxy) is 1. The topological polar surface area (TPSA) is 59.2 Å². The lowest BCUT2D eigenvalue weighted by Gasteiger charge is -2.04. The Morgan fingerprint density at radius 1 is 1.45 bits per heavy atom. The van der Waals surface area contributed by atoms with Crippen LogP contribution in [0.4, 0.5) is 0 Å². The second kappa shape index (κ2) is 6.43. The third-order valence-corrected chi connectivity index (χ3v) is 3.03. The van der Waals surface area contributed by atoms with Gasteiger partial charge in [-0.2, -0.15) is 12.6 Å². The number of aromatic nitrogens is 1. The molecule has 1 aromatic heterocycles. The molecule has 1 N–H and O–H groups in total. The molecule has 0 fully saturated rings. The first-order chi connectivity index (χ1) is 9.67. The van der Waals surface area contributed by atoms with Gasteiger partial charge in [0.1, 0.15) is 5.56 Å². The zero-order chi connectivity index (χ0) is 14.5. The van der Waals surface area contributed by atoms with Crippen molar-refractivity contribution in [3.63, 3.8) is 0 Å². The molecule has 0 atom stereocenters. The molecule has 2 rings (SSSR count). The number of pyridine rings is 1. The first-order valence-electron chi connectivity index (χ1n) is 6.27. The van der Waals surface area contributed by atoms with Gasteiger partial charge in [-0.25, -0.2) is 4.79 Å². The van der Waals surface area contributed by atoms with Crippen molar-refractivity contribution in [1.82, 2.24) is 4.98 Å². The Kier molecular flexibility index (Phi) is 4.63. The van der Waals surface area contributed by atoms with Gasteiger partial charge in [0.2, 0.25) is 5.43 Å². The van der Waals surface area contributed by atoms with Crippen LogP contribution in [0, 0.1) is 0 Å². The molecule has 0 saturated heterocycles. The summed E-state index contributed by atoms with van der Waals surface area (Å²) in [7, 11) is 0. The Morgan fingerprint density at radius 2 is 2.25 bits per heavy atom. The Bertz CT molecular complexity index is 719. The Labute approximate surface area is 121 Å². The Balaban J connectivity index is 2.55. The molecule has 104 valence electrons. The van der Waals surface area contributed by atoms with Crippen molar-refractivity contribution in [1.29, 1.82) is 0 Å². The van der Waals surface area contributed by atoms with Crippen molar-refractivity contribution in [2.75, 3.05) is 12.4 Å². The standard InChI is InChI=1S/C15H15NO3S/c1-2-19-15(18)12-9-16-13-6-5-10(4-3-7-20)8-11(13)14(12)17/h3-6,8-9,20H,2,7H2,1H3,(H,16,17). The molecule has 0 aliphatic heterocycles. The van der Waals surface area contributed by atoms with Gasteiger partial charge in [-0.05, 0) is 24.6 Å². The van der Waals surface area contributed by atoms with Crippen LogP contribution in [0.5, 0.6) is 0 Å². The van der Waals surface area contributed by atoms with Crippen LogP contribution in [0.1, 0.15) is 22.8 Å². The highest BCUT2D eigenvalue weighted by Crippen LogP contribution is 2.13. The van der Waals surface area contributed by atoms with Crippen LogP contribution in [0.15, 0.2) is 35.3 Å². The molecular formula is C15H15NO3S. The summed E-state index contributed by atoms with van der Waals surface area (Å²) in [5, 5.41) is 0.469. The van der Waals surface area contributed by atoms with Crippen LogP contribution in [0.3, 0.4) is 0 Å². The summed E-state index contributed by atoms with van der Waals surface area (Å²) in [4.78, 5) is 27.0. The first kappa shape index (κ1) is 14.4. The molecule has 20 heavy (non-hydrogen) atoms. The van der Waals surface area contributed by atoms with Gasteiger partial charge in [0.05, 0.1) is 6.61 Å². The number of nitrogens with one attached hydrogen (secondary N) is 1. The number of carbonyl (C=O) groups excluding carboxylic acids is 1. The van der Waals surface area contributed by atoms with E-state index in [1.807, 2.05) is 24.3 Å². The lowest BCUT2D eigenvalue weighted by Crippen LogP contribution is -2.18. The quantitative estimate of drug-likeness (QED) is 0.672. The van der Waals surface area contributed by atoms with Crippen molar-refractivity contribution >= 4 is 35.6 Å². The van der Waals surface area contributed by atoms with Gasteiger partial charge in [-0.15, -0.1) is 0 Å². The second-order valence-electron chi connectivity index (χ2n) is 4.14. The third kappa shape index (κ3) is 2.93. The summed E-state index contributed by atoms with van der Waals surface area (Å²) in [6, 6.07) is 5.45. The van der Waals surface area contributed by atoms with Crippen LogP contribution >= 0.6 is 12.6 Å². The molecule has 4 nitrogen and oxygen atoms in total. The molecule has 0 spiro atoms. The number of esters is 1. The summed E-state index contributed by atoms with van der Waals surface area (Å²) in [5.41, 5.74) is 1.28. The molecule has 0 amide bonds. The lowest BCUT2D eigenvalue weighted by molar-refractivity contribution is 0.0524. The van der Waals surface area contributed by atoms with Gasteiger partial charge in [-0.1, -0.05) is 18.2 Å². The number of fused-ring (bicyclic) bond motifs is 1. The zero-order valence-electron chi connectivity index (χ0n) is 11.1. The summed E-state index contributed by atoms with van der Waals surface area (Å²) < 4.78 is 4.87. The van der Waals surface area contributed by atoms with Crippen LogP contribution in [0.2, 0.25) is 0 Å². The number of benzene rings is 1. The molecule has 0 bridgehead atoms. The number of carbonyl (C=O) groups is 1. The fourth-order valence-electron chi connectivity index (χ4n) is 1.89. The minimum atomic E-state index is -0.605. The molecule has 0 unspecified atom stereocenters. The smallest absolute Gasteiger partial charge is 0.343 e. The Hall–Kier alpha value is -2.01. The van der Waals surface area contributed by atoms with Gasteiger partial charge >= 0.3 is 5.97 Å². The largest absolute Gasteiger partial charge is 0.462 e. The zero-order valence-corrected chi connectivity index (χ0v) is 11.9. The van der Waals surface area contributed by atoms with E-state index in [9.17, 15) is 9.59 Å². The second-order valence-corrected chi connectivity index (χ2v) is 4.51. The van der Waals surface area contributed by atoms with E-state index in [0.29, 0.717) is 16.7 Å². The van der Waals surface area contributed by atoms with E-state index < -0.39 is 5.97 Å². The summed E-state index contributed by atoms with van der Waals surface area (Å²) >= 11 is 4.10. The maximum Gasteiger partial charge on any atom is 0.343 e. The van der Waals surface area contributed by atoms with E-state index in [1.165, 1.54) is 6.20 Å². The number of H-pyrrole nitrogens is 1. The van der Waals surface area contributed by atoms with Gasteiger partial charge in [-0.3, -0.25) is 4.79 Å². The fourth-order valence-corrected chi connectivity index (χ4v) is 1.99. The van der Waals surface area contributed by atoms with E-state index in [1.54, 1.807) is 13.0 Å². The van der Waals surface area contributed by atoms with E-state index in [2.05, 4.69) is 17.6 Å². The molecule has 5 heteroatoms. The van der Waals surface area contributed by atoms with E-state index in [4.69, 9.17) is 4.74 Å². The summed E-state index contributed by atoms with van der Waals surface area (Å²) in [5.74, 6) is 0.0176. The minimum Gasteiger partial charge on any atom is -0.462 e. The number of hydrogen-bond donors (Lipinski definition) is 2. The van der Waals surface area contributed by atoms with E-state index in [0.717, 1.165) is 5.56 Å². The number of rotatable bonds is 4. The SMILES string of the molecule is CCOC(=O)c1c[nH]c2ccc(C=CCS)cc2c1=O. The monoisotopic (exact) mass is 289 g/mol. The molecule has 0 saturated carbocycles. The maximum atomic E-state index is 12.3. The molecule has 0 radical (unpaired) electrons. The predicted molar refractivity (Wildman–Crippen MR) is 83.4 cm³/mol. The summed E-state index contributed by atoms with van der Waals surface area (Å²) in [6.45, 7) is 1.94. The van der Waals surface area contributed by atoms with E-state index >= 15 is 0 Å². The summed E-state index contributed by atoms with van der Waals surface area (Å²) in [6.07, 6.45) is 5.16. The van der Waals surface area contributed by atoms with Crippen molar-refractivity contribution < 1.29 is 9.53 Å². The Morgan fingerprint density at radius 3 is 2.95 bits per heavy atom. The number of aromatic amines is 1. The number of thiol groups is 1. The van der Waals surface area contributed by atoms with Gasteiger partial charge in [0, 0.05) is 22.9 Å². The van der Waals surface area contributed by atoms with Crippen LogP contribution < -0.4 is 5.43 Å². The average molecular weight is 289 g/mol. The molecule has 1 aromatic carbocycles.